The number of aryl methyl sites for hydroxylation is 1. The minimum Gasteiger partial charge on any atom is -0.369 e. The number of aromatic nitrogens is 4. The normalized spacial score (nSPS) is 22.1. The van der Waals surface area contributed by atoms with E-state index in [0.29, 0.717) is 0 Å². The molecule has 1 saturated carbocycles. The molecule has 2 aromatic rings. The maximum Gasteiger partial charge on any atom is 0.255 e. The van der Waals surface area contributed by atoms with Crippen molar-refractivity contribution >= 4 is 55.1 Å². The van der Waals surface area contributed by atoms with Crippen molar-refractivity contribution in [2.24, 2.45) is 0 Å². The van der Waals surface area contributed by atoms with Crippen molar-refractivity contribution in [2.75, 3.05) is 0 Å². The number of nitrogens with one attached hydrogen (secondary N) is 2. The molecule has 35 heavy (non-hydrogen) atoms. The lowest BCUT2D eigenvalue weighted by Gasteiger charge is -2.32. The van der Waals surface area contributed by atoms with Gasteiger partial charge < -0.3 is 10.6 Å². The molecule has 184 valence electrons. The van der Waals surface area contributed by atoms with Gasteiger partial charge in [0.1, 0.15) is 25.4 Å². The standard InChI is InChI=1S/C21H29B2F2N6OP3/c22-19(25)18-13(8-26-31(18)10-15(24)33)20(32)28-12-6-4-11(5-7-12)27-16-2-1-3-17-29-14(9-30(16)17)21(23,34)35/h2,8-9,11-12,15,19,27H,1,3-7,10,33-35H2,(H,28,32). The summed E-state index contributed by atoms with van der Waals surface area (Å²) < 4.78 is 30.5. The molecule has 0 bridgehead atoms. The second-order valence-electron chi connectivity index (χ2n) is 9.18. The average molecular weight is 534 g/mol. The van der Waals surface area contributed by atoms with E-state index in [1.54, 1.807) is 0 Å². The van der Waals surface area contributed by atoms with E-state index < -0.39 is 22.7 Å². The molecule has 0 spiro atoms. The molecule has 14 heteroatoms. The third-order valence-electron chi connectivity index (χ3n) is 6.34. The molecule has 0 aromatic carbocycles. The highest BCUT2D eigenvalue weighted by molar-refractivity contribution is 7.43. The Bertz CT molecular complexity index is 1090. The van der Waals surface area contributed by atoms with Crippen molar-refractivity contribution < 1.29 is 13.6 Å². The highest BCUT2D eigenvalue weighted by atomic mass is 31.1. The van der Waals surface area contributed by atoms with Crippen LogP contribution in [0.3, 0.4) is 0 Å². The number of nitrogens with zero attached hydrogens (tertiary/aromatic N) is 4. The number of carbonyl (C=O) groups excluding carboxylic acids is 1. The summed E-state index contributed by atoms with van der Waals surface area (Å²) in [6, 6.07) is 0.202. The first kappa shape index (κ1) is 26.8. The second-order valence-corrected chi connectivity index (χ2v) is 12.5. The lowest BCUT2D eigenvalue weighted by molar-refractivity contribution is 0.0922. The first-order valence-corrected chi connectivity index (χ1v) is 13.4. The average Bonchev–Trinajstić information content (AvgIpc) is 3.40. The Hall–Kier alpha value is -1.29. The largest absolute Gasteiger partial charge is 0.369 e. The first-order chi connectivity index (χ1) is 16.5. The predicted octanol–water partition coefficient (Wildman–Crippen LogP) is 2.49. The molecular weight excluding hydrogens is 505 g/mol. The molecule has 2 aliphatic rings. The molecule has 3 heterocycles. The fourth-order valence-electron chi connectivity index (χ4n) is 4.60. The van der Waals surface area contributed by atoms with E-state index in [4.69, 9.17) is 15.7 Å². The van der Waals surface area contributed by atoms with E-state index in [2.05, 4.69) is 49.8 Å². The number of carbonyl (C=O) groups is 1. The van der Waals surface area contributed by atoms with Crippen LogP contribution in [0.25, 0.3) is 5.82 Å². The zero-order valence-corrected chi connectivity index (χ0v) is 22.8. The third-order valence-corrected chi connectivity index (χ3v) is 7.14. The lowest BCUT2D eigenvalue weighted by Crippen LogP contribution is -2.42. The van der Waals surface area contributed by atoms with Gasteiger partial charge in [0.2, 0.25) is 0 Å². The van der Waals surface area contributed by atoms with Crippen molar-refractivity contribution in [2.45, 2.75) is 73.9 Å². The van der Waals surface area contributed by atoms with E-state index in [9.17, 15) is 13.6 Å². The topological polar surface area (TPSA) is 76.8 Å². The number of hydrogen-bond donors (Lipinski definition) is 2. The van der Waals surface area contributed by atoms with Gasteiger partial charge in [-0.05, 0) is 38.2 Å². The van der Waals surface area contributed by atoms with Crippen LogP contribution in [0.15, 0.2) is 18.5 Å². The van der Waals surface area contributed by atoms with Crippen LogP contribution in [0.5, 0.6) is 0 Å². The van der Waals surface area contributed by atoms with Crippen LogP contribution in [0.1, 0.15) is 65.7 Å². The van der Waals surface area contributed by atoms with Crippen LogP contribution < -0.4 is 10.6 Å². The van der Waals surface area contributed by atoms with Crippen molar-refractivity contribution in [1.82, 2.24) is 30.0 Å². The summed E-state index contributed by atoms with van der Waals surface area (Å²) in [7, 11) is 18.7. The van der Waals surface area contributed by atoms with Gasteiger partial charge in [-0.2, -0.15) is 5.10 Å². The summed E-state index contributed by atoms with van der Waals surface area (Å²) in [5.74, 6) is 0.218. The minimum atomic E-state index is -1.93. The molecular formula is C21H29B2F2N6OP3. The van der Waals surface area contributed by atoms with E-state index in [1.165, 1.54) is 6.20 Å². The van der Waals surface area contributed by atoms with E-state index in [1.807, 2.05) is 15.4 Å². The summed E-state index contributed by atoms with van der Waals surface area (Å²) in [6.45, 7) is -0.196. The zero-order chi connectivity index (χ0) is 25.3. The Balaban J connectivity index is 1.34. The van der Waals surface area contributed by atoms with E-state index in [-0.39, 0.29) is 29.9 Å². The summed E-state index contributed by atoms with van der Waals surface area (Å²) in [5, 5.41) is 10.5. The predicted molar refractivity (Wildman–Crippen MR) is 145 cm³/mol. The molecule has 0 saturated heterocycles. The first-order valence-electron chi connectivity index (χ1n) is 11.6. The number of amides is 1. The van der Waals surface area contributed by atoms with Gasteiger partial charge in [-0.3, -0.25) is 18.4 Å². The Labute approximate surface area is 213 Å². The second kappa shape index (κ2) is 11.0. The Kier molecular flexibility index (Phi) is 8.40. The zero-order valence-electron chi connectivity index (χ0n) is 19.3. The van der Waals surface area contributed by atoms with Crippen LogP contribution in [0, 0.1) is 0 Å². The van der Waals surface area contributed by atoms with Crippen LogP contribution in [-0.4, -0.2) is 58.9 Å². The number of rotatable bonds is 8. The molecule has 5 atom stereocenters. The molecule has 4 rings (SSSR count). The molecule has 5 unspecified atom stereocenters. The Morgan fingerprint density at radius 3 is 2.57 bits per heavy atom. The van der Waals surface area contributed by atoms with Crippen LogP contribution in [-0.2, 0) is 17.8 Å². The van der Waals surface area contributed by atoms with Gasteiger partial charge in [0.15, 0.2) is 0 Å². The van der Waals surface area contributed by atoms with Gasteiger partial charge in [0.25, 0.3) is 5.91 Å². The van der Waals surface area contributed by atoms with E-state index in [0.717, 1.165) is 60.5 Å². The van der Waals surface area contributed by atoms with Crippen LogP contribution in [0.2, 0.25) is 0 Å². The van der Waals surface area contributed by atoms with Gasteiger partial charge >= 0.3 is 0 Å². The number of halogens is 2. The number of allylic oxidation sites excluding steroid dienone is 1. The van der Waals surface area contributed by atoms with Gasteiger partial charge in [0.05, 0.1) is 43.6 Å². The number of alkyl halides is 2. The molecule has 1 aliphatic heterocycles. The number of imidazole rings is 1. The van der Waals surface area contributed by atoms with Crippen molar-refractivity contribution in [3.63, 3.8) is 0 Å². The molecule has 2 aromatic heterocycles. The van der Waals surface area contributed by atoms with E-state index >= 15 is 0 Å². The van der Waals surface area contributed by atoms with Gasteiger partial charge in [0, 0.05) is 29.5 Å². The monoisotopic (exact) mass is 534 g/mol. The van der Waals surface area contributed by atoms with Crippen molar-refractivity contribution in [3.8, 4) is 0 Å². The summed E-state index contributed by atoms with van der Waals surface area (Å²) in [5.41, 5.74) is 0.722. The number of hydrogen-bond acceptors (Lipinski definition) is 4. The summed E-state index contributed by atoms with van der Waals surface area (Å²) in [6.07, 6.45) is 8.48. The molecule has 1 amide bonds. The molecule has 1 aliphatic carbocycles. The van der Waals surface area contributed by atoms with Gasteiger partial charge in [-0.25, -0.2) is 9.37 Å². The highest BCUT2D eigenvalue weighted by Gasteiger charge is 2.28. The Morgan fingerprint density at radius 2 is 1.94 bits per heavy atom. The van der Waals surface area contributed by atoms with Crippen molar-refractivity contribution in [3.05, 3.63) is 41.2 Å². The maximum absolute atomic E-state index is 14.0. The van der Waals surface area contributed by atoms with Crippen molar-refractivity contribution in [1.29, 1.82) is 0 Å². The molecule has 2 N–H and O–H groups in total. The lowest BCUT2D eigenvalue weighted by atomic mass is 9.90. The quantitative estimate of drug-likeness (QED) is 0.404. The maximum atomic E-state index is 14.0. The smallest absolute Gasteiger partial charge is 0.255 e. The molecule has 7 nitrogen and oxygen atoms in total. The fourth-order valence-corrected chi connectivity index (χ4v) is 5.08. The van der Waals surface area contributed by atoms with Crippen LogP contribution >= 0.6 is 27.7 Å². The van der Waals surface area contributed by atoms with Crippen LogP contribution in [0.4, 0.5) is 8.78 Å². The summed E-state index contributed by atoms with van der Waals surface area (Å²) in [4.78, 5) is 16.8. The minimum absolute atomic E-state index is 0.0425. The summed E-state index contributed by atoms with van der Waals surface area (Å²) >= 11 is 0. The SMILES string of the molecule is [B]C(F)c1c(C(=O)NC2CCC(NC3=CCCc4nc(C([B])(P)P)cn43)CC2)cnn1CC(F)P. The van der Waals surface area contributed by atoms with Gasteiger partial charge in [-0.1, -0.05) is 9.24 Å². The number of fused-ring (bicyclic) bond motifs is 1. The molecule has 4 radical (unpaired) electrons. The third kappa shape index (κ3) is 6.35. The van der Waals surface area contributed by atoms with Gasteiger partial charge in [-0.15, -0.1) is 18.5 Å². The fraction of sp³-hybridized carbons (Fsp3) is 0.571. The highest BCUT2D eigenvalue weighted by Crippen LogP contribution is 2.35. The Morgan fingerprint density at radius 1 is 1.26 bits per heavy atom. The molecule has 1 fully saturated rings.